The number of hydrogen-bond donors (Lipinski definition) is 0. The van der Waals surface area contributed by atoms with Gasteiger partial charge in [0.1, 0.15) is 6.26 Å². The molecule has 0 saturated heterocycles. The fourth-order valence-electron chi connectivity index (χ4n) is 1.61. The summed E-state index contributed by atoms with van der Waals surface area (Å²) in [6, 6.07) is 4.71. The Kier molecular flexibility index (Phi) is 3.58. The summed E-state index contributed by atoms with van der Waals surface area (Å²) in [7, 11) is 2.97. The minimum atomic E-state index is -0.188. The molecule has 2 aromatic rings. The average molecular weight is 267 g/mol. The number of halogens is 1. The van der Waals surface area contributed by atoms with Crippen molar-refractivity contribution in [2.24, 2.45) is 0 Å². The first kappa shape index (κ1) is 12.5. The lowest BCUT2D eigenvalue weighted by Crippen LogP contribution is -2.01. The molecule has 0 amide bonds. The fraction of sp³-hybridized carbons (Fsp3) is 0.154. The zero-order valence-corrected chi connectivity index (χ0v) is 10.7. The van der Waals surface area contributed by atoms with Crippen LogP contribution in [-0.2, 0) is 0 Å². The molecule has 0 fully saturated rings. The van der Waals surface area contributed by atoms with Gasteiger partial charge in [-0.2, -0.15) is 0 Å². The maximum atomic E-state index is 12.1. The van der Waals surface area contributed by atoms with Gasteiger partial charge in [-0.1, -0.05) is 11.6 Å². The summed E-state index contributed by atoms with van der Waals surface area (Å²) in [6.07, 6.45) is 2.82. The summed E-state index contributed by atoms with van der Waals surface area (Å²) in [6.45, 7) is 0. The van der Waals surface area contributed by atoms with Gasteiger partial charge in [0.15, 0.2) is 17.3 Å². The van der Waals surface area contributed by atoms with Crippen LogP contribution in [-0.4, -0.2) is 20.0 Å². The van der Waals surface area contributed by atoms with E-state index in [0.29, 0.717) is 27.6 Å². The molecule has 0 bridgehead atoms. The van der Waals surface area contributed by atoms with Crippen LogP contribution in [0.25, 0.3) is 0 Å². The van der Waals surface area contributed by atoms with E-state index in [9.17, 15) is 4.79 Å². The molecule has 5 heteroatoms. The van der Waals surface area contributed by atoms with Gasteiger partial charge in [0, 0.05) is 5.56 Å². The lowest BCUT2D eigenvalue weighted by Gasteiger charge is -2.10. The second-order valence-corrected chi connectivity index (χ2v) is 3.94. The van der Waals surface area contributed by atoms with Gasteiger partial charge in [0.05, 0.1) is 31.1 Å². The van der Waals surface area contributed by atoms with E-state index in [1.165, 1.54) is 32.8 Å². The van der Waals surface area contributed by atoms with E-state index in [4.69, 9.17) is 25.5 Å². The second-order valence-electron chi connectivity index (χ2n) is 3.53. The predicted molar refractivity (Wildman–Crippen MR) is 66.7 cm³/mol. The Morgan fingerprint density at radius 2 is 2.00 bits per heavy atom. The quantitative estimate of drug-likeness (QED) is 0.798. The van der Waals surface area contributed by atoms with Crippen molar-refractivity contribution in [2.75, 3.05) is 14.2 Å². The monoisotopic (exact) mass is 266 g/mol. The molecule has 0 saturated carbocycles. The molecule has 0 aliphatic rings. The summed E-state index contributed by atoms with van der Waals surface area (Å²) in [5.74, 6) is 0.631. The Morgan fingerprint density at radius 1 is 1.22 bits per heavy atom. The van der Waals surface area contributed by atoms with E-state index in [2.05, 4.69) is 0 Å². The summed E-state index contributed by atoms with van der Waals surface area (Å²) < 4.78 is 15.1. The van der Waals surface area contributed by atoms with Crippen LogP contribution < -0.4 is 9.47 Å². The van der Waals surface area contributed by atoms with Crippen molar-refractivity contribution in [1.82, 2.24) is 0 Å². The Morgan fingerprint density at radius 3 is 2.56 bits per heavy atom. The smallest absolute Gasteiger partial charge is 0.196 e. The van der Waals surface area contributed by atoms with Crippen LogP contribution in [0.3, 0.4) is 0 Å². The Hall–Kier alpha value is -1.94. The number of carbonyl (C=O) groups excluding carboxylic acids is 1. The van der Waals surface area contributed by atoms with Crippen molar-refractivity contribution in [2.45, 2.75) is 0 Å². The highest BCUT2D eigenvalue weighted by Crippen LogP contribution is 2.36. The standard InChI is InChI=1S/C13H11ClO4/c1-16-11-6-9(5-10(14)13(11)17-2)12(15)8-3-4-18-7-8/h3-7H,1-2H3. The van der Waals surface area contributed by atoms with Crippen LogP contribution >= 0.6 is 11.6 Å². The third-order valence-corrected chi connectivity index (χ3v) is 2.76. The molecule has 0 aliphatic carbocycles. The third kappa shape index (κ3) is 2.19. The number of hydrogen-bond acceptors (Lipinski definition) is 4. The largest absolute Gasteiger partial charge is 0.493 e. The number of benzene rings is 1. The van der Waals surface area contributed by atoms with Gasteiger partial charge in [-0.05, 0) is 18.2 Å². The second kappa shape index (κ2) is 5.14. The molecule has 0 spiro atoms. The maximum Gasteiger partial charge on any atom is 0.196 e. The SMILES string of the molecule is COc1cc(C(=O)c2ccoc2)cc(Cl)c1OC. The molecule has 0 aliphatic heterocycles. The van der Waals surface area contributed by atoms with Crippen LogP contribution in [0.4, 0.5) is 0 Å². The van der Waals surface area contributed by atoms with E-state index in [1.807, 2.05) is 0 Å². The van der Waals surface area contributed by atoms with Gasteiger partial charge in [0.25, 0.3) is 0 Å². The van der Waals surface area contributed by atoms with E-state index in [0.717, 1.165) is 0 Å². The van der Waals surface area contributed by atoms with Crippen molar-refractivity contribution >= 4 is 17.4 Å². The van der Waals surface area contributed by atoms with Crippen LogP contribution in [0.15, 0.2) is 35.1 Å². The molecule has 1 aromatic carbocycles. The molecular weight excluding hydrogens is 256 g/mol. The highest BCUT2D eigenvalue weighted by molar-refractivity contribution is 6.33. The molecule has 94 valence electrons. The molecule has 0 radical (unpaired) electrons. The maximum absolute atomic E-state index is 12.1. The Labute approximate surface area is 109 Å². The Bertz CT molecular complexity index is 561. The lowest BCUT2D eigenvalue weighted by molar-refractivity contribution is 0.103. The van der Waals surface area contributed by atoms with Gasteiger partial charge < -0.3 is 13.9 Å². The molecular formula is C13H11ClO4. The zero-order valence-electron chi connectivity index (χ0n) is 9.90. The summed E-state index contributed by atoms with van der Waals surface area (Å²) in [5, 5.41) is 0.323. The minimum absolute atomic E-state index is 0.188. The first-order valence-corrected chi connectivity index (χ1v) is 5.53. The zero-order chi connectivity index (χ0) is 13.1. The highest BCUT2D eigenvalue weighted by atomic mass is 35.5. The van der Waals surface area contributed by atoms with Crippen LogP contribution in [0.2, 0.25) is 5.02 Å². The Balaban J connectivity index is 2.47. The van der Waals surface area contributed by atoms with Crippen LogP contribution in [0, 0.1) is 0 Å². The van der Waals surface area contributed by atoms with E-state index >= 15 is 0 Å². The number of furan rings is 1. The molecule has 0 unspecified atom stereocenters. The number of carbonyl (C=O) groups is 1. The molecule has 0 N–H and O–H groups in total. The fourth-order valence-corrected chi connectivity index (χ4v) is 1.90. The van der Waals surface area contributed by atoms with E-state index < -0.39 is 0 Å². The predicted octanol–water partition coefficient (Wildman–Crippen LogP) is 3.18. The molecule has 4 nitrogen and oxygen atoms in total. The van der Waals surface area contributed by atoms with Gasteiger partial charge in [-0.3, -0.25) is 4.79 Å². The number of ether oxygens (including phenoxy) is 2. The van der Waals surface area contributed by atoms with E-state index in [-0.39, 0.29) is 5.78 Å². The lowest BCUT2D eigenvalue weighted by atomic mass is 10.1. The van der Waals surface area contributed by atoms with Gasteiger partial charge in [-0.15, -0.1) is 0 Å². The van der Waals surface area contributed by atoms with Crippen molar-refractivity contribution in [3.63, 3.8) is 0 Å². The number of ketones is 1. The van der Waals surface area contributed by atoms with Crippen molar-refractivity contribution in [1.29, 1.82) is 0 Å². The molecule has 1 aromatic heterocycles. The van der Waals surface area contributed by atoms with E-state index in [1.54, 1.807) is 12.1 Å². The first-order valence-electron chi connectivity index (χ1n) is 5.15. The summed E-state index contributed by atoms with van der Waals surface area (Å²) >= 11 is 6.04. The average Bonchev–Trinajstić information content (AvgIpc) is 2.90. The topological polar surface area (TPSA) is 48.7 Å². The van der Waals surface area contributed by atoms with Gasteiger partial charge in [-0.25, -0.2) is 0 Å². The van der Waals surface area contributed by atoms with Crippen molar-refractivity contribution < 1.29 is 18.7 Å². The van der Waals surface area contributed by atoms with Gasteiger partial charge >= 0.3 is 0 Å². The summed E-state index contributed by atoms with van der Waals surface area (Å²) in [4.78, 5) is 12.1. The number of rotatable bonds is 4. The summed E-state index contributed by atoms with van der Waals surface area (Å²) in [5.41, 5.74) is 0.873. The third-order valence-electron chi connectivity index (χ3n) is 2.48. The van der Waals surface area contributed by atoms with Gasteiger partial charge in [0.2, 0.25) is 0 Å². The minimum Gasteiger partial charge on any atom is -0.493 e. The first-order chi connectivity index (χ1) is 8.67. The molecule has 1 heterocycles. The number of methoxy groups -OCH3 is 2. The van der Waals surface area contributed by atoms with Crippen LogP contribution in [0.5, 0.6) is 11.5 Å². The van der Waals surface area contributed by atoms with Crippen molar-refractivity contribution in [3.05, 3.63) is 46.9 Å². The normalized spacial score (nSPS) is 10.2. The van der Waals surface area contributed by atoms with Crippen molar-refractivity contribution in [3.8, 4) is 11.5 Å². The molecule has 18 heavy (non-hydrogen) atoms. The van der Waals surface area contributed by atoms with Crippen LogP contribution in [0.1, 0.15) is 15.9 Å². The highest BCUT2D eigenvalue weighted by Gasteiger charge is 2.16. The molecule has 0 atom stereocenters. The molecule has 2 rings (SSSR count).